The van der Waals surface area contributed by atoms with E-state index in [-0.39, 0.29) is 5.91 Å². The molecule has 0 aliphatic carbocycles. The van der Waals surface area contributed by atoms with Gasteiger partial charge in [-0.2, -0.15) is 0 Å². The van der Waals surface area contributed by atoms with Crippen molar-refractivity contribution in [2.75, 3.05) is 43.9 Å². The molecule has 0 saturated carbocycles. The van der Waals surface area contributed by atoms with Gasteiger partial charge in [0.15, 0.2) is 11.0 Å². The molecule has 3 aromatic rings. The highest BCUT2D eigenvalue weighted by atomic mass is 32.2. The van der Waals surface area contributed by atoms with Crippen molar-refractivity contribution in [2.24, 2.45) is 7.05 Å². The van der Waals surface area contributed by atoms with Gasteiger partial charge in [-0.15, -0.1) is 10.2 Å². The Hall–Kier alpha value is -3.20. The van der Waals surface area contributed by atoms with Gasteiger partial charge in [-0.1, -0.05) is 23.9 Å². The van der Waals surface area contributed by atoms with Crippen molar-refractivity contribution in [1.29, 1.82) is 0 Å². The molecule has 8 nitrogen and oxygen atoms in total. The molecule has 0 spiro atoms. The van der Waals surface area contributed by atoms with E-state index in [0.29, 0.717) is 30.6 Å². The number of methoxy groups -OCH3 is 1. The van der Waals surface area contributed by atoms with Crippen LogP contribution < -0.4 is 14.4 Å². The second-order valence-electron chi connectivity index (χ2n) is 8.30. The maximum Gasteiger partial charge on any atom is 0.233 e. The molecule has 1 aromatic heterocycles. The summed E-state index contributed by atoms with van der Waals surface area (Å²) in [6.07, 6.45) is 0. The average molecular weight is 482 g/mol. The summed E-state index contributed by atoms with van der Waals surface area (Å²) in [5, 5.41) is 9.23. The number of thioether (sulfide) groups is 1. The number of ether oxygens (including phenoxy) is 2. The lowest BCUT2D eigenvalue weighted by Crippen LogP contribution is -2.49. The van der Waals surface area contributed by atoms with Crippen LogP contribution in [0, 0.1) is 13.8 Å². The van der Waals surface area contributed by atoms with Crippen LogP contribution in [-0.4, -0.2) is 64.6 Å². The van der Waals surface area contributed by atoms with Crippen molar-refractivity contribution in [1.82, 2.24) is 19.7 Å². The molecule has 0 radical (unpaired) electrons. The Morgan fingerprint density at radius 3 is 2.47 bits per heavy atom. The number of aromatic nitrogens is 3. The molecule has 0 N–H and O–H groups in total. The van der Waals surface area contributed by atoms with Gasteiger partial charge in [0.05, 0.1) is 12.9 Å². The van der Waals surface area contributed by atoms with Crippen LogP contribution in [0.5, 0.6) is 11.5 Å². The molecular weight excluding hydrogens is 450 g/mol. The van der Waals surface area contributed by atoms with Gasteiger partial charge < -0.3 is 23.8 Å². The Kier molecular flexibility index (Phi) is 7.62. The van der Waals surface area contributed by atoms with Crippen molar-refractivity contribution >= 4 is 23.4 Å². The SMILES string of the molecule is COc1ccc(N2CCN(C(=O)CSc3nnc(COc4cccc(C)c4C)n3C)CC2)cc1. The number of piperazine rings is 1. The molecule has 180 valence electrons. The summed E-state index contributed by atoms with van der Waals surface area (Å²) in [4.78, 5) is 17.0. The van der Waals surface area contributed by atoms with Crippen LogP contribution in [0.2, 0.25) is 0 Å². The minimum atomic E-state index is 0.121. The molecule has 2 heterocycles. The Balaban J connectivity index is 1.25. The fraction of sp³-hybridized carbons (Fsp3) is 0.400. The third kappa shape index (κ3) is 5.47. The van der Waals surface area contributed by atoms with Crippen molar-refractivity contribution in [2.45, 2.75) is 25.6 Å². The normalized spacial score (nSPS) is 13.8. The lowest BCUT2D eigenvalue weighted by atomic mass is 10.1. The van der Waals surface area contributed by atoms with Crippen molar-refractivity contribution < 1.29 is 14.3 Å². The largest absolute Gasteiger partial charge is 0.497 e. The van der Waals surface area contributed by atoms with E-state index in [4.69, 9.17) is 9.47 Å². The maximum absolute atomic E-state index is 12.8. The Labute approximate surface area is 204 Å². The van der Waals surface area contributed by atoms with Gasteiger partial charge >= 0.3 is 0 Å². The van der Waals surface area contributed by atoms with Gasteiger partial charge in [-0.05, 0) is 55.3 Å². The Bertz CT molecular complexity index is 1120. The van der Waals surface area contributed by atoms with Crippen molar-refractivity contribution in [3.63, 3.8) is 0 Å². The first kappa shape index (κ1) is 23.9. The Morgan fingerprint density at radius 2 is 1.76 bits per heavy atom. The van der Waals surface area contributed by atoms with E-state index in [1.807, 2.05) is 47.7 Å². The van der Waals surface area contributed by atoms with E-state index in [0.717, 1.165) is 41.7 Å². The number of benzene rings is 2. The molecule has 1 amide bonds. The van der Waals surface area contributed by atoms with E-state index in [2.05, 4.69) is 40.2 Å². The van der Waals surface area contributed by atoms with Crippen LogP contribution in [0.3, 0.4) is 0 Å². The van der Waals surface area contributed by atoms with Crippen LogP contribution in [0.1, 0.15) is 17.0 Å². The standard InChI is InChI=1S/C25H31N5O3S/c1-18-6-5-7-22(19(18)2)33-16-23-26-27-25(28(23)3)34-17-24(31)30-14-12-29(13-15-30)20-8-10-21(32-4)11-9-20/h5-11H,12-17H2,1-4H3. The number of nitrogens with zero attached hydrogens (tertiary/aromatic N) is 5. The zero-order chi connectivity index (χ0) is 24.1. The summed E-state index contributed by atoms with van der Waals surface area (Å²) in [7, 11) is 3.57. The Morgan fingerprint density at radius 1 is 1.03 bits per heavy atom. The summed E-state index contributed by atoms with van der Waals surface area (Å²) in [5.41, 5.74) is 3.46. The monoisotopic (exact) mass is 481 g/mol. The highest BCUT2D eigenvalue weighted by Gasteiger charge is 2.22. The predicted octanol–water partition coefficient (Wildman–Crippen LogP) is 3.46. The lowest BCUT2D eigenvalue weighted by Gasteiger charge is -2.36. The van der Waals surface area contributed by atoms with E-state index in [1.54, 1.807) is 7.11 Å². The molecule has 2 aromatic carbocycles. The fourth-order valence-corrected chi connectivity index (χ4v) is 4.68. The molecule has 0 bridgehead atoms. The van der Waals surface area contributed by atoms with Crippen LogP contribution in [0.4, 0.5) is 5.69 Å². The highest BCUT2D eigenvalue weighted by Crippen LogP contribution is 2.23. The average Bonchev–Trinajstić information content (AvgIpc) is 3.22. The number of aryl methyl sites for hydroxylation is 1. The van der Waals surface area contributed by atoms with Gasteiger partial charge in [0.1, 0.15) is 18.1 Å². The molecule has 1 saturated heterocycles. The highest BCUT2D eigenvalue weighted by molar-refractivity contribution is 7.99. The number of anilines is 1. The summed E-state index contributed by atoms with van der Waals surface area (Å²) in [6.45, 7) is 7.48. The smallest absolute Gasteiger partial charge is 0.233 e. The number of rotatable bonds is 8. The predicted molar refractivity (Wildman–Crippen MR) is 134 cm³/mol. The summed E-state index contributed by atoms with van der Waals surface area (Å²) >= 11 is 1.41. The first-order valence-electron chi connectivity index (χ1n) is 11.3. The zero-order valence-electron chi connectivity index (χ0n) is 20.2. The maximum atomic E-state index is 12.8. The molecule has 0 unspecified atom stereocenters. The number of carbonyl (C=O) groups excluding carboxylic acids is 1. The zero-order valence-corrected chi connectivity index (χ0v) is 21.0. The van der Waals surface area contributed by atoms with E-state index in [1.165, 1.54) is 17.3 Å². The number of amides is 1. The van der Waals surface area contributed by atoms with E-state index in [9.17, 15) is 4.79 Å². The fourth-order valence-electron chi connectivity index (χ4n) is 3.84. The van der Waals surface area contributed by atoms with Gasteiger partial charge in [0.2, 0.25) is 5.91 Å². The number of hydrogen-bond donors (Lipinski definition) is 0. The van der Waals surface area contributed by atoms with Crippen molar-refractivity contribution in [3.05, 3.63) is 59.4 Å². The second-order valence-corrected chi connectivity index (χ2v) is 9.24. The first-order chi connectivity index (χ1) is 16.5. The number of carbonyl (C=O) groups is 1. The molecule has 9 heteroatoms. The molecule has 0 atom stereocenters. The van der Waals surface area contributed by atoms with Crippen LogP contribution in [-0.2, 0) is 18.4 Å². The second kappa shape index (κ2) is 10.8. The summed E-state index contributed by atoms with van der Waals surface area (Å²) in [5.74, 6) is 2.88. The lowest BCUT2D eigenvalue weighted by molar-refractivity contribution is -0.128. The van der Waals surface area contributed by atoms with E-state index < -0.39 is 0 Å². The minimum absolute atomic E-state index is 0.121. The van der Waals surface area contributed by atoms with Crippen LogP contribution in [0.25, 0.3) is 0 Å². The third-order valence-electron chi connectivity index (χ3n) is 6.23. The van der Waals surface area contributed by atoms with Crippen LogP contribution >= 0.6 is 11.8 Å². The first-order valence-corrected chi connectivity index (χ1v) is 12.3. The number of hydrogen-bond acceptors (Lipinski definition) is 7. The van der Waals surface area contributed by atoms with Gasteiger partial charge in [0.25, 0.3) is 0 Å². The third-order valence-corrected chi connectivity index (χ3v) is 7.24. The van der Waals surface area contributed by atoms with E-state index >= 15 is 0 Å². The minimum Gasteiger partial charge on any atom is -0.497 e. The molecule has 4 rings (SSSR count). The molecule has 1 aliphatic rings. The molecule has 1 aliphatic heterocycles. The van der Waals surface area contributed by atoms with Gasteiger partial charge in [-0.3, -0.25) is 4.79 Å². The summed E-state index contributed by atoms with van der Waals surface area (Å²) < 4.78 is 13.1. The quantitative estimate of drug-likeness (QED) is 0.456. The van der Waals surface area contributed by atoms with Crippen molar-refractivity contribution in [3.8, 4) is 11.5 Å². The van der Waals surface area contributed by atoms with Crippen LogP contribution in [0.15, 0.2) is 47.6 Å². The molecule has 1 fully saturated rings. The molecular formula is C25H31N5O3S. The topological polar surface area (TPSA) is 72.7 Å². The summed E-state index contributed by atoms with van der Waals surface area (Å²) in [6, 6.07) is 14.1. The molecule has 34 heavy (non-hydrogen) atoms. The van der Waals surface area contributed by atoms with Gasteiger partial charge in [0, 0.05) is 38.9 Å². The van der Waals surface area contributed by atoms with Gasteiger partial charge in [-0.25, -0.2) is 0 Å².